The van der Waals surface area contributed by atoms with Gasteiger partial charge in [0.1, 0.15) is 5.82 Å². The molecule has 0 aliphatic heterocycles. The van der Waals surface area contributed by atoms with Gasteiger partial charge in [-0.2, -0.15) is 0 Å². The molecule has 4 saturated carbocycles. The number of nitrogens with zero attached hydrogens (tertiary/aromatic N) is 3. The molecule has 8 heteroatoms. The summed E-state index contributed by atoms with van der Waals surface area (Å²) in [4.78, 5) is 19.5. The van der Waals surface area contributed by atoms with Crippen molar-refractivity contribution in [3.8, 4) is 11.4 Å². The number of carbonyl (C=O) groups excluding carboxylic acids is 1. The number of carbonyl (C=O) groups is 1. The molecule has 4 aliphatic rings. The molecule has 4 aromatic rings. The Morgan fingerprint density at radius 3 is 2.24 bits per heavy atom. The Morgan fingerprint density at radius 2 is 1.63 bits per heavy atom. The molecule has 6 nitrogen and oxygen atoms in total. The van der Waals surface area contributed by atoms with Crippen LogP contribution in [0.4, 0.5) is 14.5 Å². The molecule has 240 valence electrons. The first kappa shape index (κ1) is 30.9. The largest absolute Gasteiger partial charge is 0.372 e. The van der Waals surface area contributed by atoms with Crippen molar-refractivity contribution in [3.63, 3.8) is 0 Å². The van der Waals surface area contributed by atoms with Crippen molar-refractivity contribution < 1.29 is 13.6 Å². The molecule has 0 saturated heterocycles. The van der Waals surface area contributed by atoms with E-state index in [1.54, 1.807) is 0 Å². The van der Waals surface area contributed by atoms with E-state index in [0.717, 1.165) is 64.0 Å². The van der Waals surface area contributed by atoms with Crippen molar-refractivity contribution in [2.24, 2.45) is 28.9 Å². The minimum atomic E-state index is -0.900. The Balaban J connectivity index is 1.25. The first-order chi connectivity index (χ1) is 22.2. The Kier molecular flexibility index (Phi) is 8.34. The molecular formula is C38H43F2N5O. The van der Waals surface area contributed by atoms with Crippen molar-refractivity contribution in [1.29, 1.82) is 0 Å². The molecule has 1 heterocycles. The van der Waals surface area contributed by atoms with E-state index < -0.39 is 23.6 Å². The highest BCUT2D eigenvalue weighted by Gasteiger charge is 2.51. The third kappa shape index (κ3) is 6.04. The van der Waals surface area contributed by atoms with Gasteiger partial charge in [0, 0.05) is 49.9 Å². The molecule has 0 spiro atoms. The van der Waals surface area contributed by atoms with E-state index in [4.69, 9.17) is 10.7 Å². The molecule has 2 radical (unpaired) electrons. The summed E-state index contributed by atoms with van der Waals surface area (Å²) in [6.07, 6.45) is 8.15. The zero-order chi connectivity index (χ0) is 32.0. The summed E-state index contributed by atoms with van der Waals surface area (Å²) in [6.45, 7) is 10.6. The Labute approximate surface area is 270 Å². The van der Waals surface area contributed by atoms with Crippen molar-refractivity contribution in [2.45, 2.75) is 64.1 Å². The Hall–Kier alpha value is -3.78. The first-order valence-corrected chi connectivity index (χ1v) is 16.6. The third-order valence-electron chi connectivity index (χ3n) is 10.8. The summed E-state index contributed by atoms with van der Waals surface area (Å²) in [5, 5.41) is 3.34. The van der Waals surface area contributed by atoms with Gasteiger partial charge in [0.2, 0.25) is 5.91 Å². The van der Waals surface area contributed by atoms with Crippen LogP contribution in [0, 0.1) is 48.7 Å². The van der Waals surface area contributed by atoms with Gasteiger partial charge in [-0.3, -0.25) is 4.79 Å². The predicted octanol–water partition coefficient (Wildman–Crippen LogP) is 7.38. The quantitative estimate of drug-likeness (QED) is 0.173. The number of aromatic nitrogens is 2. The fraction of sp³-hybridized carbons (Fsp3) is 0.421. The van der Waals surface area contributed by atoms with Crippen LogP contribution in [0.5, 0.6) is 0 Å². The summed E-state index contributed by atoms with van der Waals surface area (Å²) in [6, 6.07) is 18.1. The lowest BCUT2D eigenvalue weighted by molar-refractivity contribution is -0.118. The number of rotatable bonds is 12. The highest BCUT2D eigenvalue weighted by molar-refractivity contribution is 5.82. The monoisotopic (exact) mass is 623 g/mol. The minimum absolute atomic E-state index is 0.0621. The van der Waals surface area contributed by atoms with E-state index in [9.17, 15) is 13.6 Å². The van der Waals surface area contributed by atoms with E-state index in [1.807, 2.05) is 12.1 Å². The molecule has 1 amide bonds. The van der Waals surface area contributed by atoms with Crippen LogP contribution in [0.3, 0.4) is 0 Å². The second-order valence-corrected chi connectivity index (χ2v) is 14.1. The van der Waals surface area contributed by atoms with Gasteiger partial charge in [0.25, 0.3) is 0 Å². The van der Waals surface area contributed by atoms with E-state index in [0.29, 0.717) is 24.1 Å². The molecule has 4 aliphatic carbocycles. The number of nitrogens with two attached hydrogens (primary N) is 1. The topological polar surface area (TPSA) is 76.2 Å². The van der Waals surface area contributed by atoms with Crippen LogP contribution in [-0.2, 0) is 17.9 Å². The summed E-state index contributed by atoms with van der Waals surface area (Å²) in [5.41, 5.74) is 11.5. The van der Waals surface area contributed by atoms with Crippen LogP contribution in [0.1, 0.15) is 62.1 Å². The standard InChI is InChI=1S/C38H43F2N5O/c1-3-44(4-2)30-9-6-28(7-10-30)37-43-34-17-29(33(18-36(41)46)42-22-24-5-11-31(39)32(40)16-24)8-12-35(34)45(37)23-38-19-25-13-26(20-38)15-27(14-25)21-38/h5-12,16-17,25-27,33,42H,1-4,13-15,18-23H2,(H2,41,46). The van der Waals surface area contributed by atoms with Gasteiger partial charge >= 0.3 is 0 Å². The van der Waals surface area contributed by atoms with Crippen LogP contribution in [0.15, 0.2) is 60.7 Å². The SMILES string of the molecule is [CH2]CN(C[CH2])c1ccc(-c2nc3cc(C(CC(N)=O)NCc4ccc(F)c(F)c4)ccc3n2CC23CC4CC(CC(C4)C2)C3)cc1. The number of amides is 1. The van der Waals surface area contributed by atoms with Gasteiger partial charge in [-0.05, 0) is 135 Å². The van der Waals surface area contributed by atoms with E-state index in [1.165, 1.54) is 50.7 Å². The number of halogens is 2. The maximum absolute atomic E-state index is 13.9. The second-order valence-electron chi connectivity index (χ2n) is 14.1. The smallest absolute Gasteiger partial charge is 0.219 e. The van der Waals surface area contributed by atoms with Gasteiger partial charge in [-0.15, -0.1) is 0 Å². The molecular weight excluding hydrogens is 580 g/mol. The van der Waals surface area contributed by atoms with Crippen LogP contribution in [0.25, 0.3) is 22.4 Å². The lowest BCUT2D eigenvalue weighted by atomic mass is 9.49. The molecule has 8 rings (SSSR count). The Morgan fingerprint density at radius 1 is 0.957 bits per heavy atom. The van der Waals surface area contributed by atoms with Crippen LogP contribution >= 0.6 is 0 Å². The van der Waals surface area contributed by atoms with Gasteiger partial charge < -0.3 is 20.5 Å². The van der Waals surface area contributed by atoms with Crippen LogP contribution in [0.2, 0.25) is 0 Å². The molecule has 4 bridgehead atoms. The average Bonchev–Trinajstić information content (AvgIpc) is 3.37. The van der Waals surface area contributed by atoms with E-state index in [2.05, 4.69) is 59.0 Å². The van der Waals surface area contributed by atoms with Gasteiger partial charge in [0.15, 0.2) is 11.6 Å². The number of hydrogen-bond donors (Lipinski definition) is 2. The van der Waals surface area contributed by atoms with Gasteiger partial charge in [0.05, 0.1) is 11.0 Å². The number of primary amides is 1. The summed E-state index contributed by atoms with van der Waals surface area (Å²) < 4.78 is 29.8. The molecule has 1 unspecified atom stereocenters. The normalized spacial score (nSPS) is 24.0. The summed E-state index contributed by atoms with van der Waals surface area (Å²) >= 11 is 0. The van der Waals surface area contributed by atoms with Crippen molar-refractivity contribution in [2.75, 3.05) is 18.0 Å². The number of benzene rings is 3. The average molecular weight is 624 g/mol. The molecule has 4 fully saturated rings. The zero-order valence-corrected chi connectivity index (χ0v) is 26.4. The maximum atomic E-state index is 13.9. The zero-order valence-electron chi connectivity index (χ0n) is 26.4. The highest BCUT2D eigenvalue weighted by Crippen LogP contribution is 2.61. The molecule has 3 N–H and O–H groups in total. The molecule has 3 aromatic carbocycles. The predicted molar refractivity (Wildman–Crippen MR) is 178 cm³/mol. The van der Waals surface area contributed by atoms with Crippen LogP contribution in [-0.4, -0.2) is 28.5 Å². The minimum Gasteiger partial charge on any atom is -0.372 e. The van der Waals surface area contributed by atoms with Crippen molar-refractivity contribution in [3.05, 3.63) is 97.3 Å². The number of imidazole rings is 1. The first-order valence-electron chi connectivity index (χ1n) is 16.6. The Bertz CT molecular complexity index is 1690. The highest BCUT2D eigenvalue weighted by atomic mass is 19.2. The fourth-order valence-corrected chi connectivity index (χ4v) is 9.15. The number of nitrogens with one attached hydrogen (secondary N) is 1. The van der Waals surface area contributed by atoms with Gasteiger partial charge in [-0.25, -0.2) is 13.8 Å². The van der Waals surface area contributed by atoms with Crippen molar-refractivity contribution in [1.82, 2.24) is 14.9 Å². The van der Waals surface area contributed by atoms with Crippen LogP contribution < -0.4 is 16.0 Å². The fourth-order valence-electron chi connectivity index (χ4n) is 9.15. The lowest BCUT2D eigenvalue weighted by Gasteiger charge is -2.57. The number of fused-ring (bicyclic) bond motifs is 1. The van der Waals surface area contributed by atoms with E-state index in [-0.39, 0.29) is 13.0 Å². The maximum Gasteiger partial charge on any atom is 0.219 e. The number of hydrogen-bond acceptors (Lipinski definition) is 4. The lowest BCUT2D eigenvalue weighted by Crippen LogP contribution is -2.47. The van der Waals surface area contributed by atoms with Gasteiger partial charge in [-0.1, -0.05) is 12.1 Å². The summed E-state index contributed by atoms with van der Waals surface area (Å²) in [7, 11) is 0. The van der Waals surface area contributed by atoms with E-state index >= 15 is 0 Å². The second kappa shape index (κ2) is 12.4. The third-order valence-corrected chi connectivity index (χ3v) is 10.8. The summed E-state index contributed by atoms with van der Waals surface area (Å²) in [5.74, 6) is 1.26. The number of anilines is 1. The molecule has 1 aromatic heterocycles. The molecule has 46 heavy (non-hydrogen) atoms. The molecule has 1 atom stereocenters. The van der Waals surface area contributed by atoms with Crippen molar-refractivity contribution >= 4 is 22.6 Å².